The van der Waals surface area contributed by atoms with Gasteiger partial charge in [-0.2, -0.15) is 5.26 Å². The highest BCUT2D eigenvalue weighted by Crippen LogP contribution is 2.14. The van der Waals surface area contributed by atoms with Crippen LogP contribution in [-0.4, -0.2) is 11.9 Å². The Labute approximate surface area is 128 Å². The molecule has 0 aliphatic rings. The summed E-state index contributed by atoms with van der Waals surface area (Å²) in [7, 11) is 0. The van der Waals surface area contributed by atoms with E-state index in [1.807, 2.05) is 6.07 Å². The Morgan fingerprint density at radius 1 is 1.09 bits per heavy atom. The summed E-state index contributed by atoms with van der Waals surface area (Å²) < 4.78 is 5.22. The summed E-state index contributed by atoms with van der Waals surface area (Å²) in [5.41, 5.74) is 1.81. The zero-order chi connectivity index (χ0) is 15.9. The number of nitriles is 1. The Morgan fingerprint density at radius 2 is 1.73 bits per heavy atom. The fraction of sp³-hybridized carbons (Fsp3) is 0.118. The van der Waals surface area contributed by atoms with Crippen LogP contribution in [0.15, 0.2) is 48.5 Å². The van der Waals surface area contributed by atoms with Gasteiger partial charge in [-0.1, -0.05) is 12.1 Å². The summed E-state index contributed by atoms with van der Waals surface area (Å²) in [6.45, 7) is 1.86. The van der Waals surface area contributed by atoms with Crippen molar-refractivity contribution in [1.29, 1.82) is 5.26 Å². The molecule has 0 aliphatic heterocycles. The SMILES string of the molecule is CC(=O)NCc1ccc(C(=O)Oc2ccc(C#N)cc2)cc1. The highest BCUT2D eigenvalue weighted by atomic mass is 16.5. The van der Waals surface area contributed by atoms with Crippen LogP contribution in [0, 0.1) is 11.3 Å². The van der Waals surface area contributed by atoms with Crippen LogP contribution in [0.3, 0.4) is 0 Å². The summed E-state index contributed by atoms with van der Waals surface area (Å²) in [5.74, 6) is -0.202. The molecule has 2 rings (SSSR count). The van der Waals surface area contributed by atoms with Crippen LogP contribution in [0.4, 0.5) is 0 Å². The molecule has 5 heteroatoms. The smallest absolute Gasteiger partial charge is 0.343 e. The summed E-state index contributed by atoms with van der Waals surface area (Å²) in [4.78, 5) is 22.8. The molecule has 0 saturated carbocycles. The summed E-state index contributed by atoms with van der Waals surface area (Å²) >= 11 is 0. The molecule has 0 radical (unpaired) electrons. The van der Waals surface area contributed by atoms with Crippen molar-refractivity contribution in [1.82, 2.24) is 5.32 Å². The molecule has 0 spiro atoms. The second-order valence-electron chi connectivity index (χ2n) is 4.63. The molecule has 2 aromatic carbocycles. The number of hydrogen-bond donors (Lipinski definition) is 1. The third-order valence-electron chi connectivity index (χ3n) is 2.93. The van der Waals surface area contributed by atoms with Gasteiger partial charge in [0.1, 0.15) is 5.75 Å². The molecule has 0 aliphatic carbocycles. The van der Waals surface area contributed by atoms with Crippen LogP contribution in [0.1, 0.15) is 28.4 Å². The average molecular weight is 294 g/mol. The first-order valence-corrected chi connectivity index (χ1v) is 6.64. The number of carbonyl (C=O) groups excluding carboxylic acids is 2. The lowest BCUT2D eigenvalue weighted by Crippen LogP contribution is -2.18. The van der Waals surface area contributed by atoms with Crippen molar-refractivity contribution in [2.75, 3.05) is 0 Å². The van der Waals surface area contributed by atoms with E-state index in [0.717, 1.165) is 5.56 Å². The van der Waals surface area contributed by atoms with Gasteiger partial charge in [-0.05, 0) is 42.0 Å². The molecule has 110 valence electrons. The highest BCUT2D eigenvalue weighted by molar-refractivity contribution is 5.91. The second kappa shape index (κ2) is 7.04. The second-order valence-corrected chi connectivity index (χ2v) is 4.63. The lowest BCUT2D eigenvalue weighted by atomic mass is 10.1. The lowest BCUT2D eigenvalue weighted by molar-refractivity contribution is -0.119. The predicted molar refractivity (Wildman–Crippen MR) is 80.1 cm³/mol. The third kappa shape index (κ3) is 4.18. The number of rotatable bonds is 4. The maximum atomic E-state index is 12.0. The fourth-order valence-electron chi connectivity index (χ4n) is 1.75. The van der Waals surface area contributed by atoms with E-state index in [4.69, 9.17) is 10.00 Å². The summed E-state index contributed by atoms with van der Waals surface area (Å²) in [6.07, 6.45) is 0. The van der Waals surface area contributed by atoms with Crippen molar-refractivity contribution in [3.05, 3.63) is 65.2 Å². The van der Waals surface area contributed by atoms with Crippen LogP contribution in [-0.2, 0) is 11.3 Å². The Kier molecular flexibility index (Phi) is 4.89. The zero-order valence-corrected chi connectivity index (χ0v) is 12.0. The molecule has 2 aromatic rings. The Hall–Kier alpha value is -3.13. The van der Waals surface area contributed by atoms with Gasteiger partial charge in [-0.25, -0.2) is 4.79 Å². The van der Waals surface area contributed by atoms with Crippen molar-refractivity contribution in [2.45, 2.75) is 13.5 Å². The van der Waals surface area contributed by atoms with E-state index < -0.39 is 5.97 Å². The summed E-state index contributed by atoms with van der Waals surface area (Å²) in [6, 6.07) is 15.1. The van der Waals surface area contributed by atoms with E-state index in [9.17, 15) is 9.59 Å². The van der Waals surface area contributed by atoms with Crippen molar-refractivity contribution in [3.8, 4) is 11.8 Å². The molecule has 1 amide bonds. The van der Waals surface area contributed by atoms with Crippen molar-refractivity contribution in [3.63, 3.8) is 0 Å². The number of hydrogen-bond acceptors (Lipinski definition) is 4. The molecule has 0 saturated heterocycles. The van der Waals surface area contributed by atoms with Gasteiger partial charge >= 0.3 is 5.97 Å². The molecule has 0 unspecified atom stereocenters. The van der Waals surface area contributed by atoms with E-state index in [-0.39, 0.29) is 5.91 Å². The average Bonchev–Trinajstić information content (AvgIpc) is 2.54. The molecule has 0 fully saturated rings. The largest absolute Gasteiger partial charge is 0.423 e. The molecule has 5 nitrogen and oxygen atoms in total. The van der Waals surface area contributed by atoms with Gasteiger partial charge in [0.05, 0.1) is 17.2 Å². The van der Waals surface area contributed by atoms with Crippen LogP contribution in [0.2, 0.25) is 0 Å². The monoisotopic (exact) mass is 294 g/mol. The zero-order valence-electron chi connectivity index (χ0n) is 12.0. The Morgan fingerprint density at radius 3 is 2.27 bits per heavy atom. The van der Waals surface area contributed by atoms with Gasteiger partial charge in [-0.15, -0.1) is 0 Å². The van der Waals surface area contributed by atoms with E-state index in [1.165, 1.54) is 6.92 Å². The van der Waals surface area contributed by atoms with Gasteiger partial charge < -0.3 is 10.1 Å². The van der Waals surface area contributed by atoms with Gasteiger partial charge in [0.2, 0.25) is 5.91 Å². The van der Waals surface area contributed by atoms with E-state index >= 15 is 0 Å². The molecule has 0 bridgehead atoms. The molecule has 0 aromatic heterocycles. The quantitative estimate of drug-likeness (QED) is 0.693. The summed E-state index contributed by atoms with van der Waals surface area (Å²) in [5, 5.41) is 11.4. The predicted octanol–water partition coefficient (Wildman–Crippen LogP) is 2.41. The third-order valence-corrected chi connectivity index (χ3v) is 2.93. The van der Waals surface area contributed by atoms with E-state index in [2.05, 4.69) is 5.32 Å². The maximum absolute atomic E-state index is 12.0. The molecule has 0 atom stereocenters. The first kappa shape index (κ1) is 15.3. The van der Waals surface area contributed by atoms with Crippen LogP contribution < -0.4 is 10.1 Å². The minimum absolute atomic E-state index is 0.107. The molecular formula is C17H14N2O3. The van der Waals surface area contributed by atoms with Gasteiger partial charge in [0, 0.05) is 13.5 Å². The number of nitrogens with zero attached hydrogens (tertiary/aromatic N) is 1. The van der Waals surface area contributed by atoms with Crippen LogP contribution in [0.25, 0.3) is 0 Å². The lowest BCUT2D eigenvalue weighted by Gasteiger charge is -2.06. The maximum Gasteiger partial charge on any atom is 0.343 e. The van der Waals surface area contributed by atoms with Crippen LogP contribution in [0.5, 0.6) is 5.75 Å². The van der Waals surface area contributed by atoms with Crippen LogP contribution >= 0.6 is 0 Å². The first-order valence-electron chi connectivity index (χ1n) is 6.64. The number of benzene rings is 2. The Balaban J connectivity index is 2.00. The van der Waals surface area contributed by atoms with Gasteiger partial charge in [-0.3, -0.25) is 4.79 Å². The fourth-order valence-corrected chi connectivity index (χ4v) is 1.75. The molecular weight excluding hydrogens is 280 g/mol. The van der Waals surface area contributed by atoms with Crippen molar-refractivity contribution >= 4 is 11.9 Å². The van der Waals surface area contributed by atoms with Gasteiger partial charge in [0.25, 0.3) is 0 Å². The van der Waals surface area contributed by atoms with Gasteiger partial charge in [0.15, 0.2) is 0 Å². The van der Waals surface area contributed by atoms with Crippen molar-refractivity contribution in [2.24, 2.45) is 0 Å². The number of amides is 1. The number of ether oxygens (including phenoxy) is 1. The minimum atomic E-state index is -0.476. The molecule has 0 heterocycles. The topological polar surface area (TPSA) is 79.2 Å². The minimum Gasteiger partial charge on any atom is -0.423 e. The van der Waals surface area contributed by atoms with Crippen molar-refractivity contribution < 1.29 is 14.3 Å². The molecule has 22 heavy (non-hydrogen) atoms. The van der Waals surface area contributed by atoms with E-state index in [0.29, 0.717) is 23.4 Å². The number of esters is 1. The standard InChI is InChI=1S/C17H14N2O3/c1-12(20)19-11-14-2-6-15(7-3-14)17(21)22-16-8-4-13(10-18)5-9-16/h2-9H,11H2,1H3,(H,19,20). The van der Waals surface area contributed by atoms with E-state index in [1.54, 1.807) is 48.5 Å². The molecule has 1 N–H and O–H groups in total. The number of nitrogens with one attached hydrogen (secondary N) is 1. The normalized spacial score (nSPS) is 9.64. The Bertz CT molecular complexity index is 713. The number of carbonyl (C=O) groups is 2. The first-order chi connectivity index (χ1) is 10.6. The highest BCUT2D eigenvalue weighted by Gasteiger charge is 2.08.